The number of nitrogens with one attached hydrogen (secondary N) is 3. The van der Waals surface area contributed by atoms with Crippen LogP contribution in [0.25, 0.3) is 0 Å². The highest BCUT2D eigenvalue weighted by molar-refractivity contribution is 7.80. The molecule has 0 atom stereocenters. The van der Waals surface area contributed by atoms with Crippen LogP contribution >= 0.6 is 47.0 Å². The van der Waals surface area contributed by atoms with Crippen molar-refractivity contribution in [1.29, 1.82) is 0 Å². The number of hydrogen-bond donors (Lipinski definition) is 3. The Morgan fingerprint density at radius 2 is 1.68 bits per heavy atom. The maximum Gasteiger partial charge on any atom is 0.278 e. The summed E-state index contributed by atoms with van der Waals surface area (Å²) >= 11 is 21.2. The van der Waals surface area contributed by atoms with Crippen molar-refractivity contribution < 1.29 is 9.59 Å². The number of alkyl halides is 3. The molecule has 0 unspecified atom stereocenters. The first-order valence-electron chi connectivity index (χ1n) is 6.19. The Labute approximate surface area is 148 Å². The summed E-state index contributed by atoms with van der Waals surface area (Å²) in [4.78, 5) is 23.1. The fraction of sp³-hybridized carbons (Fsp3) is 0.308. The van der Waals surface area contributed by atoms with Crippen molar-refractivity contribution in [3.63, 3.8) is 0 Å². The maximum atomic E-state index is 11.6. The van der Waals surface area contributed by atoms with Gasteiger partial charge in [-0.2, -0.15) is 0 Å². The summed E-state index contributed by atoms with van der Waals surface area (Å²) in [6.45, 7) is 3.58. The summed E-state index contributed by atoms with van der Waals surface area (Å²) in [6, 6.07) is 6.82. The third kappa shape index (κ3) is 6.36. The van der Waals surface area contributed by atoms with E-state index in [-0.39, 0.29) is 16.9 Å². The molecule has 5 nitrogen and oxygen atoms in total. The van der Waals surface area contributed by atoms with Crippen LogP contribution < -0.4 is 16.0 Å². The number of rotatable bonds is 3. The topological polar surface area (TPSA) is 70.2 Å². The molecule has 120 valence electrons. The van der Waals surface area contributed by atoms with Crippen LogP contribution in [0.3, 0.4) is 0 Å². The van der Waals surface area contributed by atoms with Crippen LogP contribution in [0, 0.1) is 5.92 Å². The van der Waals surface area contributed by atoms with Gasteiger partial charge in [-0.1, -0.05) is 54.7 Å². The van der Waals surface area contributed by atoms with E-state index in [1.807, 2.05) is 0 Å². The van der Waals surface area contributed by atoms with Crippen LogP contribution in [0.5, 0.6) is 0 Å². The van der Waals surface area contributed by atoms with Gasteiger partial charge in [0.25, 0.3) is 9.70 Å². The van der Waals surface area contributed by atoms with Crippen molar-refractivity contribution in [2.45, 2.75) is 17.6 Å². The second-order valence-corrected chi connectivity index (χ2v) is 7.32. The molecule has 22 heavy (non-hydrogen) atoms. The van der Waals surface area contributed by atoms with E-state index in [0.29, 0.717) is 11.4 Å². The molecule has 0 saturated carbocycles. The minimum absolute atomic E-state index is 0.0244. The summed E-state index contributed by atoms with van der Waals surface area (Å²) < 4.78 is -2.10. The monoisotopic (exact) mass is 381 g/mol. The normalized spacial score (nSPS) is 11.0. The van der Waals surface area contributed by atoms with Gasteiger partial charge in [-0.3, -0.25) is 14.9 Å². The smallest absolute Gasteiger partial charge is 0.278 e. The van der Waals surface area contributed by atoms with Crippen LogP contribution in [0.4, 0.5) is 11.4 Å². The molecular formula is C13H14Cl3N3O2S. The van der Waals surface area contributed by atoms with E-state index in [0.717, 1.165) is 0 Å². The molecule has 0 saturated heterocycles. The van der Waals surface area contributed by atoms with Gasteiger partial charge in [0.15, 0.2) is 5.11 Å². The number of carbonyl (C=O) groups excluding carboxylic acids is 2. The van der Waals surface area contributed by atoms with Gasteiger partial charge in [0.05, 0.1) is 0 Å². The summed E-state index contributed by atoms with van der Waals surface area (Å²) in [5.41, 5.74) is 1.16. The number of carbonyl (C=O) groups is 2. The highest BCUT2D eigenvalue weighted by atomic mass is 35.6. The lowest BCUT2D eigenvalue weighted by molar-refractivity contribution is -0.119. The van der Waals surface area contributed by atoms with Crippen molar-refractivity contribution >= 4 is 75.3 Å². The zero-order valence-electron chi connectivity index (χ0n) is 11.7. The molecule has 1 aromatic carbocycles. The molecule has 1 aromatic rings. The molecule has 0 aromatic heterocycles. The van der Waals surface area contributed by atoms with Gasteiger partial charge in [-0.25, -0.2) is 0 Å². The number of anilines is 2. The third-order valence-corrected chi connectivity index (χ3v) is 3.12. The average Bonchev–Trinajstić information content (AvgIpc) is 2.37. The lowest BCUT2D eigenvalue weighted by atomic mass is 10.2. The molecule has 0 heterocycles. The quantitative estimate of drug-likeness (QED) is 0.553. The molecule has 3 N–H and O–H groups in total. The average molecular weight is 383 g/mol. The fourth-order valence-electron chi connectivity index (χ4n) is 1.30. The Hall–Kier alpha value is -1.08. The number of benzene rings is 1. The molecular weight excluding hydrogens is 369 g/mol. The van der Waals surface area contributed by atoms with E-state index >= 15 is 0 Å². The lowest BCUT2D eigenvalue weighted by Crippen LogP contribution is -2.41. The zero-order chi connectivity index (χ0) is 16.9. The lowest BCUT2D eigenvalue weighted by Gasteiger charge is -2.14. The molecule has 0 radical (unpaired) electrons. The van der Waals surface area contributed by atoms with Gasteiger partial charge in [-0.15, -0.1) is 0 Å². The Balaban J connectivity index is 2.69. The highest BCUT2D eigenvalue weighted by Crippen LogP contribution is 2.25. The SMILES string of the molecule is CC(C)C(=O)Nc1cccc(NC(=S)NC(=O)C(Cl)(Cl)Cl)c1. The molecule has 0 bridgehead atoms. The van der Waals surface area contributed by atoms with Crippen LogP contribution in [-0.4, -0.2) is 20.7 Å². The van der Waals surface area contributed by atoms with Crippen LogP contribution in [-0.2, 0) is 9.59 Å². The Kier molecular flexibility index (Phi) is 6.87. The molecule has 0 aliphatic heterocycles. The summed E-state index contributed by atoms with van der Waals surface area (Å²) in [7, 11) is 0. The van der Waals surface area contributed by atoms with Crippen molar-refractivity contribution in [3.05, 3.63) is 24.3 Å². The van der Waals surface area contributed by atoms with Gasteiger partial charge >= 0.3 is 0 Å². The van der Waals surface area contributed by atoms with E-state index in [2.05, 4.69) is 16.0 Å². The summed E-state index contributed by atoms with van der Waals surface area (Å²) in [5.74, 6) is -1.11. The van der Waals surface area contributed by atoms with E-state index in [4.69, 9.17) is 47.0 Å². The molecule has 0 spiro atoms. The van der Waals surface area contributed by atoms with Crippen LogP contribution in [0.2, 0.25) is 0 Å². The molecule has 0 aliphatic rings. The minimum atomic E-state index is -2.10. The van der Waals surface area contributed by atoms with Crippen LogP contribution in [0.15, 0.2) is 24.3 Å². The first-order chi connectivity index (χ1) is 10.1. The van der Waals surface area contributed by atoms with Gasteiger partial charge in [0.1, 0.15) is 0 Å². The molecule has 2 amide bonds. The van der Waals surface area contributed by atoms with Gasteiger partial charge in [0.2, 0.25) is 5.91 Å². The largest absolute Gasteiger partial charge is 0.332 e. The zero-order valence-corrected chi connectivity index (χ0v) is 14.8. The van der Waals surface area contributed by atoms with Gasteiger partial charge in [0, 0.05) is 17.3 Å². The minimum Gasteiger partial charge on any atom is -0.332 e. The Morgan fingerprint density at radius 3 is 2.18 bits per heavy atom. The van der Waals surface area contributed by atoms with Gasteiger partial charge in [-0.05, 0) is 30.4 Å². The standard InChI is InChI=1S/C13H14Cl3N3O2S/c1-7(2)10(20)17-8-4-3-5-9(6-8)18-12(22)19-11(21)13(14,15)16/h3-7H,1-2H3,(H,17,20)(H2,18,19,21,22). The van der Waals surface area contributed by atoms with Gasteiger partial charge < -0.3 is 10.6 Å². The number of halogens is 3. The van der Waals surface area contributed by atoms with E-state index in [9.17, 15) is 9.59 Å². The van der Waals surface area contributed by atoms with Crippen molar-refractivity contribution in [2.75, 3.05) is 10.6 Å². The molecule has 9 heteroatoms. The maximum absolute atomic E-state index is 11.6. The van der Waals surface area contributed by atoms with E-state index in [1.54, 1.807) is 38.1 Å². The van der Waals surface area contributed by atoms with Crippen LogP contribution in [0.1, 0.15) is 13.8 Å². The second-order valence-electron chi connectivity index (χ2n) is 4.63. The fourth-order valence-corrected chi connectivity index (χ4v) is 1.65. The van der Waals surface area contributed by atoms with Crippen molar-refractivity contribution in [1.82, 2.24) is 5.32 Å². The third-order valence-electron chi connectivity index (χ3n) is 2.40. The first-order valence-corrected chi connectivity index (χ1v) is 7.74. The number of amides is 2. The Bertz CT molecular complexity index is 588. The first kappa shape index (κ1) is 19.0. The van der Waals surface area contributed by atoms with E-state index < -0.39 is 9.70 Å². The van der Waals surface area contributed by atoms with Crippen molar-refractivity contribution in [3.8, 4) is 0 Å². The van der Waals surface area contributed by atoms with Crippen molar-refractivity contribution in [2.24, 2.45) is 5.92 Å². The van der Waals surface area contributed by atoms with E-state index in [1.165, 1.54) is 0 Å². The number of thiocarbonyl (C=S) groups is 1. The predicted octanol–water partition coefficient (Wildman–Crippen LogP) is 3.46. The predicted molar refractivity (Wildman–Crippen MR) is 94.6 cm³/mol. The molecule has 1 rings (SSSR count). The summed E-state index contributed by atoms with van der Waals surface area (Å²) in [6.07, 6.45) is 0. The summed E-state index contributed by atoms with van der Waals surface area (Å²) in [5, 5.41) is 7.73. The number of hydrogen-bond acceptors (Lipinski definition) is 3. The Morgan fingerprint density at radius 1 is 1.14 bits per heavy atom. The molecule has 0 fully saturated rings. The highest BCUT2D eigenvalue weighted by Gasteiger charge is 2.31. The second kappa shape index (κ2) is 7.97. The molecule has 0 aliphatic carbocycles.